The zero-order valence-electron chi connectivity index (χ0n) is 19.8. The molecule has 0 bridgehead atoms. The Morgan fingerprint density at radius 3 is 2.66 bits per heavy atom. The Bertz CT molecular complexity index is 1210. The number of aromatic nitrogens is 2. The molecule has 1 aliphatic heterocycles. The Morgan fingerprint density at radius 1 is 1.06 bits per heavy atom. The summed E-state index contributed by atoms with van der Waals surface area (Å²) in [6.07, 6.45) is 5.00. The number of unbranched alkanes of at least 4 members (excludes halogenated alkanes) is 2. The molecule has 35 heavy (non-hydrogen) atoms. The largest absolute Gasteiger partial charge is 0.376 e. The molecule has 8 heteroatoms. The van der Waals surface area contributed by atoms with Crippen molar-refractivity contribution in [2.75, 3.05) is 18.9 Å². The van der Waals surface area contributed by atoms with Crippen LogP contribution in [0.5, 0.6) is 0 Å². The average Bonchev–Trinajstić information content (AvgIpc) is 3.41. The fraction of sp³-hybridized carbons (Fsp3) is 0.407. The molecule has 1 fully saturated rings. The molecule has 0 radical (unpaired) electrons. The molecule has 1 aliphatic rings. The van der Waals surface area contributed by atoms with Crippen LogP contribution in [-0.4, -0.2) is 46.2 Å². The average molecular weight is 494 g/mol. The highest BCUT2D eigenvalue weighted by Crippen LogP contribution is 2.20. The first-order valence-electron chi connectivity index (χ1n) is 12.2. The molecular weight excluding hydrogens is 462 g/mol. The normalized spacial score (nSPS) is 15.4. The van der Waals surface area contributed by atoms with Crippen molar-refractivity contribution in [2.45, 2.75) is 56.3 Å². The van der Waals surface area contributed by atoms with Gasteiger partial charge in [0.2, 0.25) is 5.91 Å². The van der Waals surface area contributed by atoms with Gasteiger partial charge in [-0.25, -0.2) is 4.98 Å². The highest BCUT2D eigenvalue weighted by atomic mass is 32.2. The molecule has 0 unspecified atom stereocenters. The molecule has 1 amide bonds. The van der Waals surface area contributed by atoms with Crippen molar-refractivity contribution in [1.82, 2.24) is 14.9 Å². The van der Waals surface area contributed by atoms with Crippen molar-refractivity contribution in [1.29, 1.82) is 0 Å². The van der Waals surface area contributed by atoms with Gasteiger partial charge in [0.15, 0.2) is 10.9 Å². The van der Waals surface area contributed by atoms with Crippen LogP contribution in [0.2, 0.25) is 0 Å². The molecule has 3 aromatic rings. The number of ketones is 1. The summed E-state index contributed by atoms with van der Waals surface area (Å²) in [5, 5.41) is 4.07. The highest BCUT2D eigenvalue weighted by Gasteiger charge is 2.16. The van der Waals surface area contributed by atoms with E-state index in [1.165, 1.54) is 11.8 Å². The standard InChI is InChI=1S/C27H31N3O4S/c31-24(20-10-3-1-4-11-20)19-35-27-29-23-14-7-6-13-22(23)26(33)30(27)16-8-2-5-15-25(32)28-18-21-12-9-17-34-21/h1,3-4,6-7,10-11,13-14,21H,2,5,8-9,12,15-19H2,(H,28,32)/t21-/m0/s1. The number of benzene rings is 2. The van der Waals surface area contributed by atoms with E-state index in [1.807, 2.05) is 36.4 Å². The van der Waals surface area contributed by atoms with Crippen LogP contribution in [-0.2, 0) is 16.1 Å². The van der Waals surface area contributed by atoms with Gasteiger partial charge >= 0.3 is 0 Å². The number of hydrogen-bond donors (Lipinski definition) is 1. The molecule has 1 aromatic heterocycles. The molecule has 1 atom stereocenters. The van der Waals surface area contributed by atoms with E-state index in [2.05, 4.69) is 10.3 Å². The molecule has 1 saturated heterocycles. The number of carbonyl (C=O) groups excluding carboxylic acids is 2. The van der Waals surface area contributed by atoms with Crippen LogP contribution in [0.4, 0.5) is 0 Å². The second-order valence-electron chi connectivity index (χ2n) is 8.70. The Labute approximate surface area is 209 Å². The molecular formula is C27H31N3O4S. The molecule has 2 heterocycles. The lowest BCUT2D eigenvalue weighted by Gasteiger charge is -2.13. The molecule has 0 saturated carbocycles. The van der Waals surface area contributed by atoms with Gasteiger partial charge in [-0.1, -0.05) is 60.6 Å². The quantitative estimate of drug-likeness (QED) is 0.176. The monoisotopic (exact) mass is 493 g/mol. The van der Waals surface area contributed by atoms with Crippen molar-refractivity contribution in [3.63, 3.8) is 0 Å². The first-order valence-corrected chi connectivity index (χ1v) is 13.2. The van der Waals surface area contributed by atoms with Crippen LogP contribution in [0.15, 0.2) is 64.5 Å². The van der Waals surface area contributed by atoms with Gasteiger partial charge in [0, 0.05) is 31.7 Å². The number of thioether (sulfide) groups is 1. The molecule has 4 rings (SSSR count). The van der Waals surface area contributed by atoms with Crippen LogP contribution in [0.3, 0.4) is 0 Å². The smallest absolute Gasteiger partial charge is 0.262 e. The van der Waals surface area contributed by atoms with E-state index in [9.17, 15) is 14.4 Å². The fourth-order valence-electron chi connectivity index (χ4n) is 4.15. The van der Waals surface area contributed by atoms with Crippen molar-refractivity contribution in [3.8, 4) is 0 Å². The zero-order chi connectivity index (χ0) is 24.5. The molecule has 2 aromatic carbocycles. The number of ether oxygens (including phenoxy) is 1. The first kappa shape index (κ1) is 25.1. The van der Waals surface area contributed by atoms with E-state index < -0.39 is 0 Å². The van der Waals surface area contributed by atoms with Crippen LogP contribution in [0.25, 0.3) is 10.9 Å². The predicted octanol–water partition coefficient (Wildman–Crippen LogP) is 4.23. The second-order valence-corrected chi connectivity index (χ2v) is 9.64. The maximum absolute atomic E-state index is 13.2. The van der Waals surface area contributed by atoms with E-state index in [-0.39, 0.29) is 29.1 Å². The molecule has 184 valence electrons. The molecule has 0 spiro atoms. The second kappa shape index (κ2) is 12.7. The predicted molar refractivity (Wildman–Crippen MR) is 138 cm³/mol. The highest BCUT2D eigenvalue weighted by molar-refractivity contribution is 7.99. The van der Waals surface area contributed by atoms with Crippen LogP contribution in [0.1, 0.15) is 48.9 Å². The van der Waals surface area contributed by atoms with Gasteiger partial charge in [-0.05, 0) is 37.8 Å². The summed E-state index contributed by atoms with van der Waals surface area (Å²) in [4.78, 5) is 42.6. The Morgan fingerprint density at radius 2 is 1.86 bits per heavy atom. The Balaban J connectivity index is 1.34. The first-order chi connectivity index (χ1) is 17.1. The van der Waals surface area contributed by atoms with E-state index in [1.54, 1.807) is 22.8 Å². The fourth-order valence-corrected chi connectivity index (χ4v) is 5.07. The van der Waals surface area contributed by atoms with Crippen molar-refractivity contribution in [2.24, 2.45) is 0 Å². The molecule has 7 nitrogen and oxygen atoms in total. The number of Topliss-reactive ketones (excluding diaryl/α,β-unsaturated/α-hetero) is 1. The number of nitrogens with one attached hydrogen (secondary N) is 1. The van der Waals surface area contributed by atoms with Crippen LogP contribution >= 0.6 is 11.8 Å². The van der Waals surface area contributed by atoms with E-state index in [0.29, 0.717) is 41.1 Å². The van der Waals surface area contributed by atoms with E-state index >= 15 is 0 Å². The van der Waals surface area contributed by atoms with Gasteiger partial charge in [0.05, 0.1) is 22.8 Å². The number of rotatable bonds is 12. The van der Waals surface area contributed by atoms with Gasteiger partial charge in [-0.2, -0.15) is 0 Å². The van der Waals surface area contributed by atoms with E-state index in [0.717, 1.165) is 38.7 Å². The van der Waals surface area contributed by atoms with Gasteiger partial charge in [-0.15, -0.1) is 0 Å². The number of carbonyl (C=O) groups is 2. The minimum Gasteiger partial charge on any atom is -0.376 e. The summed E-state index contributed by atoms with van der Waals surface area (Å²) in [5.74, 6) is 0.249. The molecule has 1 N–H and O–H groups in total. The summed E-state index contributed by atoms with van der Waals surface area (Å²) in [7, 11) is 0. The lowest BCUT2D eigenvalue weighted by Crippen LogP contribution is -2.31. The van der Waals surface area contributed by atoms with Crippen molar-refractivity contribution in [3.05, 3.63) is 70.5 Å². The summed E-state index contributed by atoms with van der Waals surface area (Å²) in [6.45, 7) is 1.86. The number of nitrogens with zero attached hydrogens (tertiary/aromatic N) is 2. The van der Waals surface area contributed by atoms with Gasteiger partial charge in [-0.3, -0.25) is 19.0 Å². The van der Waals surface area contributed by atoms with Gasteiger partial charge in [0.25, 0.3) is 5.56 Å². The molecule has 0 aliphatic carbocycles. The summed E-state index contributed by atoms with van der Waals surface area (Å²) in [6, 6.07) is 16.4. The lowest BCUT2D eigenvalue weighted by atomic mass is 10.1. The minimum atomic E-state index is -0.0976. The summed E-state index contributed by atoms with van der Waals surface area (Å²) < 4.78 is 7.20. The SMILES string of the molecule is O=C(CCCCCn1c(SCC(=O)c2ccccc2)nc2ccccc2c1=O)NC[C@@H]1CCCO1. The maximum atomic E-state index is 13.2. The topological polar surface area (TPSA) is 90.3 Å². The Hall–Kier alpha value is -2.97. The number of amides is 1. The lowest BCUT2D eigenvalue weighted by molar-refractivity contribution is -0.121. The van der Waals surface area contributed by atoms with Crippen molar-refractivity contribution < 1.29 is 14.3 Å². The maximum Gasteiger partial charge on any atom is 0.262 e. The van der Waals surface area contributed by atoms with Crippen molar-refractivity contribution >= 4 is 34.4 Å². The summed E-state index contributed by atoms with van der Waals surface area (Å²) in [5.41, 5.74) is 1.18. The third-order valence-electron chi connectivity index (χ3n) is 6.09. The van der Waals surface area contributed by atoms with Crippen LogP contribution < -0.4 is 10.9 Å². The van der Waals surface area contributed by atoms with E-state index in [4.69, 9.17) is 4.74 Å². The Kier molecular flexibility index (Phi) is 9.08. The zero-order valence-corrected chi connectivity index (χ0v) is 20.6. The minimum absolute atomic E-state index is 0.00132. The third kappa shape index (κ3) is 7.02. The van der Waals surface area contributed by atoms with Gasteiger partial charge < -0.3 is 10.1 Å². The third-order valence-corrected chi connectivity index (χ3v) is 7.07. The number of hydrogen-bond acceptors (Lipinski definition) is 6. The van der Waals surface area contributed by atoms with Crippen LogP contribution in [0, 0.1) is 0 Å². The van der Waals surface area contributed by atoms with Gasteiger partial charge in [0.1, 0.15) is 0 Å². The number of fused-ring (bicyclic) bond motifs is 1. The summed E-state index contributed by atoms with van der Waals surface area (Å²) >= 11 is 1.29. The number of para-hydroxylation sites is 1.